The van der Waals surface area contributed by atoms with E-state index in [4.69, 9.17) is 11.6 Å². The van der Waals surface area contributed by atoms with Gasteiger partial charge in [-0.2, -0.15) is 0 Å². The van der Waals surface area contributed by atoms with Gasteiger partial charge in [0.2, 0.25) is 0 Å². The third-order valence-corrected chi connectivity index (χ3v) is 7.39. The summed E-state index contributed by atoms with van der Waals surface area (Å²) in [5, 5.41) is 21.2. The van der Waals surface area contributed by atoms with Gasteiger partial charge in [-0.05, 0) is 48.2 Å². The van der Waals surface area contributed by atoms with Crippen LogP contribution >= 0.6 is 11.6 Å². The Morgan fingerprint density at radius 3 is 2.34 bits per heavy atom. The number of ketones is 1. The summed E-state index contributed by atoms with van der Waals surface area (Å²) >= 11 is 6.14. The van der Waals surface area contributed by atoms with Crippen molar-refractivity contribution in [2.75, 3.05) is 0 Å². The summed E-state index contributed by atoms with van der Waals surface area (Å²) in [5.74, 6) is 0.352. The standard InChI is InChI=1S/C29H32ClN3O2/c1-6-28(2,3)26(34)15-12-19-16-22(29(4,5)20-10-8-7-9-11-20)27(35)25(17-19)33-31-23-14-13-21(30)18-24(23)32-33/h7-11,13-14,16-18,35H,6,12,15H2,1-5H3. The summed E-state index contributed by atoms with van der Waals surface area (Å²) in [6.07, 6.45) is 1.80. The van der Waals surface area contributed by atoms with Crippen molar-refractivity contribution in [1.82, 2.24) is 15.0 Å². The van der Waals surface area contributed by atoms with Gasteiger partial charge in [0.25, 0.3) is 0 Å². The molecule has 0 amide bonds. The number of hydrogen-bond acceptors (Lipinski definition) is 4. The zero-order valence-electron chi connectivity index (χ0n) is 21.0. The highest BCUT2D eigenvalue weighted by Crippen LogP contribution is 2.41. The Morgan fingerprint density at radius 2 is 1.66 bits per heavy atom. The van der Waals surface area contributed by atoms with E-state index in [0.29, 0.717) is 34.6 Å². The minimum atomic E-state index is -0.487. The zero-order chi connectivity index (χ0) is 25.4. The van der Waals surface area contributed by atoms with Crippen LogP contribution < -0.4 is 0 Å². The minimum absolute atomic E-state index is 0.120. The van der Waals surface area contributed by atoms with Crippen molar-refractivity contribution in [3.63, 3.8) is 0 Å². The summed E-state index contributed by atoms with van der Waals surface area (Å²) < 4.78 is 0. The molecule has 0 saturated heterocycles. The average molecular weight is 490 g/mol. The van der Waals surface area contributed by atoms with Crippen LogP contribution in [-0.4, -0.2) is 25.9 Å². The predicted molar refractivity (Wildman–Crippen MR) is 142 cm³/mol. The van der Waals surface area contributed by atoms with Crippen molar-refractivity contribution in [1.29, 1.82) is 0 Å². The van der Waals surface area contributed by atoms with Crippen LogP contribution in [-0.2, 0) is 16.6 Å². The molecule has 0 fully saturated rings. The number of phenols is 1. The largest absolute Gasteiger partial charge is 0.505 e. The first-order valence-electron chi connectivity index (χ1n) is 12.0. The summed E-state index contributed by atoms with van der Waals surface area (Å²) in [6, 6.07) is 19.3. The molecule has 0 bridgehead atoms. The third-order valence-electron chi connectivity index (χ3n) is 7.16. The average Bonchev–Trinajstić information content (AvgIpc) is 3.26. The van der Waals surface area contributed by atoms with Crippen molar-refractivity contribution in [3.05, 3.63) is 82.4 Å². The molecule has 182 valence electrons. The van der Waals surface area contributed by atoms with E-state index in [9.17, 15) is 9.90 Å². The number of phenolic OH excluding ortho intramolecular Hbond substituents is 1. The molecule has 1 heterocycles. The first-order valence-corrected chi connectivity index (χ1v) is 12.4. The molecule has 0 saturated carbocycles. The molecule has 0 atom stereocenters. The van der Waals surface area contributed by atoms with Crippen LogP contribution in [0.4, 0.5) is 0 Å². The topological polar surface area (TPSA) is 68.0 Å². The summed E-state index contributed by atoms with van der Waals surface area (Å²) in [5.41, 5.74) is 3.76. The van der Waals surface area contributed by atoms with E-state index >= 15 is 0 Å². The van der Waals surface area contributed by atoms with Crippen molar-refractivity contribution < 1.29 is 9.90 Å². The Kier molecular flexibility index (Phi) is 6.74. The monoisotopic (exact) mass is 489 g/mol. The number of benzene rings is 3. The molecule has 0 spiro atoms. The van der Waals surface area contributed by atoms with Crippen LogP contribution in [0.15, 0.2) is 60.7 Å². The van der Waals surface area contributed by atoms with Crippen LogP contribution in [0.5, 0.6) is 5.75 Å². The maximum atomic E-state index is 12.9. The first kappa shape index (κ1) is 24.9. The molecule has 0 radical (unpaired) electrons. The van der Waals surface area contributed by atoms with Gasteiger partial charge >= 0.3 is 0 Å². The molecule has 3 aromatic carbocycles. The Bertz CT molecular complexity index is 1370. The van der Waals surface area contributed by atoms with Gasteiger partial charge in [-0.1, -0.05) is 82.6 Å². The van der Waals surface area contributed by atoms with Crippen LogP contribution in [0.2, 0.25) is 5.02 Å². The Hall–Kier alpha value is -3.18. The highest BCUT2D eigenvalue weighted by atomic mass is 35.5. The lowest BCUT2D eigenvalue weighted by Crippen LogP contribution is -2.24. The zero-order valence-corrected chi connectivity index (χ0v) is 21.7. The number of rotatable bonds is 8. The number of hydrogen-bond donors (Lipinski definition) is 1. The van der Waals surface area contributed by atoms with Gasteiger partial charge < -0.3 is 5.11 Å². The van der Waals surface area contributed by atoms with Crippen LogP contribution in [0, 0.1) is 5.41 Å². The molecule has 6 heteroatoms. The van der Waals surface area contributed by atoms with Crippen LogP contribution in [0.3, 0.4) is 0 Å². The maximum Gasteiger partial charge on any atom is 0.147 e. The van der Waals surface area contributed by atoms with E-state index in [-0.39, 0.29) is 16.9 Å². The lowest BCUT2D eigenvalue weighted by Gasteiger charge is -2.28. The van der Waals surface area contributed by atoms with Gasteiger partial charge in [0.05, 0.1) is 0 Å². The first-order chi connectivity index (χ1) is 16.5. The molecular weight excluding hydrogens is 458 g/mol. The molecule has 5 nitrogen and oxygen atoms in total. The number of halogens is 1. The van der Waals surface area contributed by atoms with Gasteiger partial charge in [-0.3, -0.25) is 4.79 Å². The van der Waals surface area contributed by atoms with Crippen molar-refractivity contribution >= 4 is 28.4 Å². The number of carbonyl (C=O) groups excluding carboxylic acids is 1. The lowest BCUT2D eigenvalue weighted by molar-refractivity contribution is -0.127. The van der Waals surface area contributed by atoms with E-state index in [1.165, 1.54) is 4.80 Å². The predicted octanol–water partition coefficient (Wildman–Crippen LogP) is 7.04. The Labute approximate surface area is 211 Å². The molecule has 4 aromatic rings. The van der Waals surface area contributed by atoms with E-state index in [1.54, 1.807) is 12.1 Å². The van der Waals surface area contributed by atoms with Gasteiger partial charge in [0.15, 0.2) is 0 Å². The Morgan fingerprint density at radius 1 is 0.971 bits per heavy atom. The van der Waals surface area contributed by atoms with Crippen molar-refractivity contribution in [3.8, 4) is 11.4 Å². The molecule has 4 rings (SSSR count). The number of aryl methyl sites for hydroxylation is 1. The number of carbonyl (C=O) groups is 1. The number of nitrogens with zero attached hydrogens (tertiary/aromatic N) is 3. The van der Waals surface area contributed by atoms with Crippen LogP contribution in [0.25, 0.3) is 16.7 Å². The van der Waals surface area contributed by atoms with Gasteiger partial charge in [0, 0.05) is 27.8 Å². The summed E-state index contributed by atoms with van der Waals surface area (Å²) in [4.78, 5) is 14.3. The summed E-state index contributed by atoms with van der Waals surface area (Å²) in [7, 11) is 0. The maximum absolute atomic E-state index is 12.9. The van der Waals surface area contributed by atoms with Crippen molar-refractivity contribution in [2.24, 2.45) is 5.41 Å². The quantitative estimate of drug-likeness (QED) is 0.288. The molecule has 1 N–H and O–H groups in total. The molecule has 35 heavy (non-hydrogen) atoms. The minimum Gasteiger partial charge on any atom is -0.505 e. The second-order valence-corrected chi connectivity index (χ2v) is 10.7. The van der Waals surface area contributed by atoms with Gasteiger partial charge in [0.1, 0.15) is 28.3 Å². The molecule has 0 aliphatic rings. The fourth-order valence-corrected chi connectivity index (χ4v) is 4.42. The molecular formula is C29H32ClN3O2. The molecule has 0 unspecified atom stereocenters. The molecule has 0 aliphatic carbocycles. The fourth-order valence-electron chi connectivity index (χ4n) is 4.25. The van der Waals surface area contributed by atoms with Crippen LogP contribution in [0.1, 0.15) is 64.2 Å². The van der Waals surface area contributed by atoms with E-state index in [0.717, 1.165) is 23.1 Å². The number of Topliss-reactive ketones (excluding diaryl/α,β-unsaturated/α-hetero) is 1. The van der Waals surface area contributed by atoms with E-state index < -0.39 is 5.41 Å². The van der Waals surface area contributed by atoms with E-state index in [1.807, 2.05) is 57.2 Å². The SMILES string of the molecule is CCC(C)(C)C(=O)CCc1cc(-n2nc3ccc(Cl)cc3n2)c(O)c(C(C)(C)c2ccccc2)c1. The molecule has 0 aliphatic heterocycles. The molecule has 1 aromatic heterocycles. The fraction of sp³-hybridized carbons (Fsp3) is 0.345. The highest BCUT2D eigenvalue weighted by molar-refractivity contribution is 6.31. The normalized spacial score (nSPS) is 12.3. The van der Waals surface area contributed by atoms with Gasteiger partial charge in [-0.15, -0.1) is 15.0 Å². The van der Waals surface area contributed by atoms with E-state index in [2.05, 4.69) is 36.2 Å². The Balaban J connectivity index is 1.84. The smallest absolute Gasteiger partial charge is 0.147 e. The number of aromatic nitrogens is 3. The van der Waals surface area contributed by atoms with Crippen molar-refractivity contribution in [2.45, 2.75) is 59.3 Å². The highest BCUT2D eigenvalue weighted by Gasteiger charge is 2.30. The van der Waals surface area contributed by atoms with Gasteiger partial charge in [-0.25, -0.2) is 0 Å². The third kappa shape index (κ3) is 4.96. The number of fused-ring (bicyclic) bond motifs is 1. The lowest BCUT2D eigenvalue weighted by atomic mass is 9.76. The summed E-state index contributed by atoms with van der Waals surface area (Å²) in [6.45, 7) is 10.2. The second-order valence-electron chi connectivity index (χ2n) is 10.3. The number of aromatic hydroxyl groups is 1. The second kappa shape index (κ2) is 9.46.